The van der Waals surface area contributed by atoms with Gasteiger partial charge in [0.1, 0.15) is 11.9 Å². The Kier molecular flexibility index (Phi) is 10.6. The van der Waals surface area contributed by atoms with Crippen LogP contribution >= 0.6 is 9.03 Å². The summed E-state index contributed by atoms with van der Waals surface area (Å²) in [5.41, 5.74) is 7.59. The summed E-state index contributed by atoms with van der Waals surface area (Å²) >= 11 is 0. The van der Waals surface area contributed by atoms with Gasteiger partial charge in [-0.05, 0) is 32.4 Å². The average molecular weight is 502 g/mol. The van der Waals surface area contributed by atoms with Crippen LogP contribution in [-0.4, -0.2) is 70.6 Å². The standard InChI is InChI=1S/C15H20N3O7P.C5H11NO2/c1-9-7-11(23-13(9)18-14(20)17-12(19)8-16-18)15(21,22)25-26-24-10-5-3-2-4-6-10;1-4(2)8-5(7)3-6/h2-6,9,11,13,16,21-22,26H,7-8H2,1H3,(H,17,19,20);4H,3,6H2,1-2H3. The second kappa shape index (κ2) is 12.9. The monoisotopic (exact) mass is 502 g/mol. The number of urea groups is 1. The summed E-state index contributed by atoms with van der Waals surface area (Å²) in [5, 5.41) is 23.6. The normalized spacial score (nSPS) is 23.0. The van der Waals surface area contributed by atoms with Gasteiger partial charge in [0, 0.05) is 5.92 Å². The number of nitrogens with two attached hydrogens (primary N) is 1. The molecule has 0 bridgehead atoms. The van der Waals surface area contributed by atoms with Gasteiger partial charge in [0.05, 0.1) is 19.2 Å². The SMILES string of the molecule is CC(C)OC(=O)CN.CC1CC(C(O)(O)OPOc2ccccc2)OC1N1NCC(=O)NC1=O. The van der Waals surface area contributed by atoms with Crippen molar-refractivity contribution in [3.63, 3.8) is 0 Å². The molecule has 1 aromatic carbocycles. The van der Waals surface area contributed by atoms with Crippen LogP contribution in [0, 0.1) is 5.92 Å². The molecule has 0 aliphatic carbocycles. The number of amides is 3. The number of imide groups is 1. The predicted molar refractivity (Wildman–Crippen MR) is 120 cm³/mol. The number of hydrogen-bond acceptors (Lipinski definition) is 11. The molecule has 13 nitrogen and oxygen atoms in total. The first-order chi connectivity index (χ1) is 16.0. The maximum atomic E-state index is 11.9. The van der Waals surface area contributed by atoms with Crippen molar-refractivity contribution in [2.24, 2.45) is 11.7 Å². The number of hydrogen-bond donors (Lipinski definition) is 5. The first kappa shape index (κ1) is 27.9. The Hall–Kier alpha value is -2.38. The highest BCUT2D eigenvalue weighted by atomic mass is 31.1. The lowest BCUT2D eigenvalue weighted by Gasteiger charge is -2.34. The van der Waals surface area contributed by atoms with Crippen LogP contribution in [-0.2, 0) is 23.6 Å². The minimum absolute atomic E-state index is 0.0296. The quantitative estimate of drug-likeness (QED) is 0.182. The van der Waals surface area contributed by atoms with E-state index in [1.165, 1.54) is 0 Å². The summed E-state index contributed by atoms with van der Waals surface area (Å²) < 4.78 is 20.6. The Morgan fingerprint density at radius 2 is 2.00 bits per heavy atom. The molecule has 6 N–H and O–H groups in total. The lowest BCUT2D eigenvalue weighted by molar-refractivity contribution is -0.342. The number of rotatable bonds is 8. The summed E-state index contributed by atoms with van der Waals surface area (Å²) in [5.74, 6) is -3.08. The third kappa shape index (κ3) is 8.44. The molecule has 1 aromatic rings. The van der Waals surface area contributed by atoms with E-state index < -0.39 is 39.3 Å². The van der Waals surface area contributed by atoms with E-state index in [4.69, 9.17) is 19.5 Å². The lowest BCUT2D eigenvalue weighted by atomic mass is 10.0. The van der Waals surface area contributed by atoms with Gasteiger partial charge < -0.3 is 29.9 Å². The lowest BCUT2D eigenvalue weighted by Crippen LogP contribution is -2.63. The van der Waals surface area contributed by atoms with Gasteiger partial charge in [-0.1, -0.05) is 25.1 Å². The summed E-state index contributed by atoms with van der Waals surface area (Å²) in [4.78, 5) is 33.4. The molecule has 14 heteroatoms. The van der Waals surface area contributed by atoms with E-state index in [0.29, 0.717) is 5.75 Å². The highest BCUT2D eigenvalue weighted by molar-refractivity contribution is 7.26. The number of nitrogens with one attached hydrogen (secondary N) is 2. The number of nitrogens with zero attached hydrogens (tertiary/aromatic N) is 1. The number of carbonyl (C=O) groups is 3. The van der Waals surface area contributed by atoms with Crippen LogP contribution in [0.15, 0.2) is 30.3 Å². The molecule has 0 spiro atoms. The Bertz CT molecular complexity index is 828. The third-order valence-corrected chi connectivity index (χ3v) is 5.26. The Morgan fingerprint density at radius 3 is 2.56 bits per heavy atom. The molecule has 4 unspecified atom stereocenters. The van der Waals surface area contributed by atoms with Gasteiger partial charge in [-0.15, -0.1) is 0 Å². The number of ether oxygens (including phenoxy) is 2. The molecule has 3 amide bonds. The number of aliphatic hydroxyl groups is 2. The van der Waals surface area contributed by atoms with E-state index in [9.17, 15) is 24.6 Å². The number of esters is 1. The molecule has 190 valence electrons. The first-order valence-corrected chi connectivity index (χ1v) is 11.4. The summed E-state index contributed by atoms with van der Waals surface area (Å²) in [6, 6.07) is 8.14. The molecule has 2 saturated heterocycles. The molecule has 34 heavy (non-hydrogen) atoms. The van der Waals surface area contributed by atoms with Crippen LogP contribution in [0.2, 0.25) is 0 Å². The number of benzene rings is 1. The fraction of sp³-hybridized carbons (Fsp3) is 0.550. The van der Waals surface area contributed by atoms with Crippen LogP contribution in [0.5, 0.6) is 5.75 Å². The van der Waals surface area contributed by atoms with Gasteiger partial charge in [0.15, 0.2) is 6.23 Å². The van der Waals surface area contributed by atoms with Gasteiger partial charge in [0.25, 0.3) is 0 Å². The van der Waals surface area contributed by atoms with Crippen LogP contribution in [0.25, 0.3) is 0 Å². The van der Waals surface area contributed by atoms with Crippen molar-refractivity contribution in [2.75, 3.05) is 13.1 Å². The highest BCUT2D eigenvalue weighted by Crippen LogP contribution is 2.36. The van der Waals surface area contributed by atoms with Crippen LogP contribution in [0.1, 0.15) is 27.2 Å². The molecule has 2 aliphatic heterocycles. The highest BCUT2D eigenvalue weighted by Gasteiger charge is 2.49. The molecule has 2 aliphatic rings. The maximum Gasteiger partial charge on any atom is 0.340 e. The Morgan fingerprint density at radius 1 is 1.32 bits per heavy atom. The van der Waals surface area contributed by atoms with Gasteiger partial charge in [-0.25, -0.2) is 15.2 Å². The van der Waals surface area contributed by atoms with E-state index in [2.05, 4.69) is 15.5 Å². The molecule has 0 saturated carbocycles. The fourth-order valence-electron chi connectivity index (χ4n) is 3.02. The molecule has 2 heterocycles. The molecule has 2 fully saturated rings. The van der Waals surface area contributed by atoms with E-state index in [0.717, 1.165) is 5.01 Å². The summed E-state index contributed by atoms with van der Waals surface area (Å²) in [6.07, 6.45) is -1.70. The van der Waals surface area contributed by atoms with Crippen LogP contribution in [0.3, 0.4) is 0 Å². The van der Waals surface area contributed by atoms with Crippen LogP contribution < -0.4 is 21.0 Å². The summed E-state index contributed by atoms with van der Waals surface area (Å²) in [7, 11) is -0.663. The van der Waals surface area contributed by atoms with Gasteiger partial charge in [0.2, 0.25) is 14.9 Å². The van der Waals surface area contributed by atoms with E-state index in [1.54, 1.807) is 45.0 Å². The van der Waals surface area contributed by atoms with E-state index >= 15 is 0 Å². The average Bonchev–Trinajstić information content (AvgIpc) is 3.16. The molecular formula is C20H31N4O9P. The smallest absolute Gasteiger partial charge is 0.340 e. The van der Waals surface area contributed by atoms with E-state index in [-0.39, 0.29) is 37.5 Å². The van der Waals surface area contributed by atoms with Gasteiger partial charge >= 0.3 is 18.0 Å². The molecule has 0 radical (unpaired) electrons. The van der Waals surface area contributed by atoms with Gasteiger partial charge in [-0.3, -0.25) is 19.4 Å². The maximum absolute atomic E-state index is 11.9. The number of hydrazine groups is 1. The fourth-order valence-corrected chi connectivity index (χ4v) is 3.55. The number of carbonyl (C=O) groups excluding carboxylic acids is 3. The Balaban J connectivity index is 0.000000440. The van der Waals surface area contributed by atoms with Crippen molar-refractivity contribution in [1.82, 2.24) is 15.8 Å². The minimum Gasteiger partial charge on any atom is -0.462 e. The Labute approximate surface area is 198 Å². The van der Waals surface area contributed by atoms with Crippen molar-refractivity contribution in [2.45, 2.75) is 51.6 Å². The van der Waals surface area contributed by atoms with Gasteiger partial charge in [-0.2, -0.15) is 0 Å². The number of para-hydroxylation sites is 1. The minimum atomic E-state index is -2.59. The second-order valence-electron chi connectivity index (χ2n) is 7.79. The molecule has 0 aromatic heterocycles. The van der Waals surface area contributed by atoms with Crippen molar-refractivity contribution in [3.05, 3.63) is 30.3 Å². The van der Waals surface area contributed by atoms with E-state index in [1.807, 2.05) is 6.07 Å². The zero-order chi connectivity index (χ0) is 25.3. The molecule has 4 atom stereocenters. The van der Waals surface area contributed by atoms with Crippen molar-refractivity contribution >= 4 is 26.9 Å². The zero-order valence-electron chi connectivity index (χ0n) is 19.1. The molecular weight excluding hydrogens is 471 g/mol. The molecule has 3 rings (SSSR count). The first-order valence-electron chi connectivity index (χ1n) is 10.5. The predicted octanol–water partition coefficient (Wildman–Crippen LogP) is -0.0669. The van der Waals surface area contributed by atoms with Crippen molar-refractivity contribution in [3.8, 4) is 5.75 Å². The van der Waals surface area contributed by atoms with Crippen LogP contribution in [0.4, 0.5) is 4.79 Å². The largest absolute Gasteiger partial charge is 0.462 e. The van der Waals surface area contributed by atoms with Crippen molar-refractivity contribution in [1.29, 1.82) is 0 Å². The topological polar surface area (TPSA) is 182 Å². The third-order valence-electron chi connectivity index (χ3n) is 4.55. The zero-order valence-corrected chi connectivity index (χ0v) is 20.1. The summed E-state index contributed by atoms with van der Waals surface area (Å²) in [6.45, 7) is 5.25. The second-order valence-corrected chi connectivity index (χ2v) is 8.36. The van der Waals surface area contributed by atoms with Crippen molar-refractivity contribution < 1.29 is 43.1 Å².